The van der Waals surface area contributed by atoms with Gasteiger partial charge in [0.25, 0.3) is 5.91 Å². The summed E-state index contributed by atoms with van der Waals surface area (Å²) in [7, 11) is 1.63. The first-order valence-corrected chi connectivity index (χ1v) is 8.06. The molecule has 0 bridgehead atoms. The average Bonchev–Trinajstić information content (AvgIpc) is 3.14. The standard InChI is InChI=1S/C20H16F3NO3/c1-24(13-18-9-4-10-26-18)19(25)14-5-2-7-16(11-14)27-17-8-3-6-15(12-17)20(21,22)23/h2-12H,13H2,1H3. The van der Waals surface area contributed by atoms with Crippen LogP contribution in [0.15, 0.2) is 71.3 Å². The van der Waals surface area contributed by atoms with Gasteiger partial charge in [-0.15, -0.1) is 0 Å². The second-order valence-corrected chi connectivity index (χ2v) is 5.90. The van der Waals surface area contributed by atoms with E-state index in [9.17, 15) is 18.0 Å². The van der Waals surface area contributed by atoms with Crippen LogP contribution < -0.4 is 4.74 Å². The van der Waals surface area contributed by atoms with E-state index in [0.717, 1.165) is 12.1 Å². The van der Waals surface area contributed by atoms with Crippen LogP contribution in [0, 0.1) is 0 Å². The van der Waals surface area contributed by atoms with Crippen molar-refractivity contribution in [1.29, 1.82) is 0 Å². The third-order valence-electron chi connectivity index (χ3n) is 3.80. The predicted octanol–water partition coefficient (Wildman–Crippen LogP) is 5.36. The Balaban J connectivity index is 1.75. The third-order valence-corrected chi connectivity index (χ3v) is 3.80. The van der Waals surface area contributed by atoms with Crippen molar-refractivity contribution in [2.45, 2.75) is 12.7 Å². The summed E-state index contributed by atoms with van der Waals surface area (Å²) in [5.74, 6) is 0.688. The molecule has 1 amide bonds. The Hall–Kier alpha value is -3.22. The number of hydrogen-bond donors (Lipinski definition) is 0. The average molecular weight is 375 g/mol. The van der Waals surface area contributed by atoms with E-state index in [1.807, 2.05) is 0 Å². The zero-order chi connectivity index (χ0) is 19.4. The lowest BCUT2D eigenvalue weighted by Gasteiger charge is -2.16. The maximum absolute atomic E-state index is 12.8. The number of carbonyl (C=O) groups excluding carboxylic acids is 1. The molecule has 2 aromatic carbocycles. The monoisotopic (exact) mass is 375 g/mol. The van der Waals surface area contributed by atoms with Gasteiger partial charge in [-0.05, 0) is 48.5 Å². The van der Waals surface area contributed by atoms with Gasteiger partial charge in [0.15, 0.2) is 0 Å². The van der Waals surface area contributed by atoms with E-state index < -0.39 is 11.7 Å². The Morgan fingerprint density at radius 3 is 2.41 bits per heavy atom. The summed E-state index contributed by atoms with van der Waals surface area (Å²) in [6, 6.07) is 14.3. The zero-order valence-corrected chi connectivity index (χ0v) is 14.4. The van der Waals surface area contributed by atoms with Crippen LogP contribution in [-0.2, 0) is 12.7 Å². The number of benzene rings is 2. The zero-order valence-electron chi connectivity index (χ0n) is 14.4. The van der Waals surface area contributed by atoms with E-state index in [4.69, 9.17) is 9.15 Å². The molecule has 0 saturated heterocycles. The summed E-state index contributed by atoms with van der Waals surface area (Å²) >= 11 is 0. The molecular formula is C20H16F3NO3. The van der Waals surface area contributed by atoms with Crippen LogP contribution in [0.3, 0.4) is 0 Å². The minimum atomic E-state index is -4.45. The van der Waals surface area contributed by atoms with Crippen LogP contribution in [0.2, 0.25) is 0 Å². The molecule has 0 fully saturated rings. The number of amides is 1. The second-order valence-electron chi connectivity index (χ2n) is 5.90. The van der Waals surface area contributed by atoms with Crippen LogP contribution >= 0.6 is 0 Å². The highest BCUT2D eigenvalue weighted by Gasteiger charge is 2.30. The molecule has 0 N–H and O–H groups in total. The van der Waals surface area contributed by atoms with Crippen molar-refractivity contribution < 1.29 is 27.1 Å². The fourth-order valence-corrected chi connectivity index (χ4v) is 2.49. The lowest BCUT2D eigenvalue weighted by atomic mass is 10.2. The number of carbonyl (C=O) groups is 1. The normalized spacial score (nSPS) is 11.3. The van der Waals surface area contributed by atoms with Crippen LogP contribution in [0.5, 0.6) is 11.5 Å². The molecule has 1 heterocycles. The number of nitrogens with zero attached hydrogens (tertiary/aromatic N) is 1. The molecule has 0 spiro atoms. The van der Waals surface area contributed by atoms with Gasteiger partial charge in [-0.1, -0.05) is 12.1 Å². The molecule has 1 aromatic heterocycles. The van der Waals surface area contributed by atoms with Gasteiger partial charge >= 0.3 is 6.18 Å². The molecule has 0 atom stereocenters. The Morgan fingerprint density at radius 2 is 1.74 bits per heavy atom. The van der Waals surface area contributed by atoms with E-state index >= 15 is 0 Å². The Morgan fingerprint density at radius 1 is 1.04 bits per heavy atom. The molecule has 3 rings (SSSR count). The SMILES string of the molecule is CN(Cc1ccco1)C(=O)c1cccc(Oc2cccc(C(F)(F)F)c2)c1. The van der Waals surface area contributed by atoms with E-state index in [0.29, 0.717) is 17.9 Å². The lowest BCUT2D eigenvalue weighted by molar-refractivity contribution is -0.137. The van der Waals surface area contributed by atoms with Crippen molar-refractivity contribution in [3.63, 3.8) is 0 Å². The van der Waals surface area contributed by atoms with E-state index in [-0.39, 0.29) is 17.4 Å². The number of rotatable bonds is 5. The quantitative estimate of drug-likeness (QED) is 0.603. The van der Waals surface area contributed by atoms with Gasteiger partial charge < -0.3 is 14.1 Å². The molecule has 0 saturated carbocycles. The first kappa shape index (κ1) is 18.6. The summed E-state index contributed by atoms with van der Waals surface area (Å²) in [4.78, 5) is 14.0. The molecule has 4 nitrogen and oxygen atoms in total. The van der Waals surface area contributed by atoms with Crippen molar-refractivity contribution in [1.82, 2.24) is 4.90 Å². The smallest absolute Gasteiger partial charge is 0.416 e. The van der Waals surface area contributed by atoms with E-state index in [1.54, 1.807) is 37.4 Å². The molecular weight excluding hydrogens is 359 g/mol. The number of halogens is 3. The van der Waals surface area contributed by atoms with E-state index in [2.05, 4.69) is 0 Å². The maximum atomic E-state index is 12.8. The predicted molar refractivity (Wildman–Crippen MR) is 92.5 cm³/mol. The molecule has 0 unspecified atom stereocenters. The van der Waals surface area contributed by atoms with Gasteiger partial charge in [0.1, 0.15) is 17.3 Å². The summed E-state index contributed by atoms with van der Waals surface area (Å²) in [5.41, 5.74) is -0.445. The Labute approximate surface area is 153 Å². The highest BCUT2D eigenvalue weighted by molar-refractivity contribution is 5.94. The van der Waals surface area contributed by atoms with Crippen molar-refractivity contribution >= 4 is 5.91 Å². The van der Waals surface area contributed by atoms with Crippen molar-refractivity contribution in [3.8, 4) is 11.5 Å². The van der Waals surface area contributed by atoms with Crippen molar-refractivity contribution in [2.24, 2.45) is 0 Å². The number of ether oxygens (including phenoxy) is 1. The Kier molecular flexibility index (Phi) is 5.21. The van der Waals surface area contributed by atoms with Crippen molar-refractivity contribution in [2.75, 3.05) is 7.05 Å². The summed E-state index contributed by atoms with van der Waals surface area (Å²) in [6.45, 7) is 0.296. The number of alkyl halides is 3. The first-order chi connectivity index (χ1) is 12.8. The maximum Gasteiger partial charge on any atom is 0.416 e. The first-order valence-electron chi connectivity index (χ1n) is 8.06. The number of furan rings is 1. The third kappa shape index (κ3) is 4.69. The van der Waals surface area contributed by atoms with Gasteiger partial charge in [0.05, 0.1) is 18.4 Å². The van der Waals surface area contributed by atoms with Crippen LogP contribution in [0.1, 0.15) is 21.7 Å². The highest BCUT2D eigenvalue weighted by atomic mass is 19.4. The van der Waals surface area contributed by atoms with Gasteiger partial charge in [-0.2, -0.15) is 13.2 Å². The second kappa shape index (κ2) is 7.57. The van der Waals surface area contributed by atoms with Crippen LogP contribution in [-0.4, -0.2) is 17.9 Å². The fourth-order valence-electron chi connectivity index (χ4n) is 2.49. The molecule has 27 heavy (non-hydrogen) atoms. The molecule has 140 valence electrons. The largest absolute Gasteiger partial charge is 0.467 e. The molecule has 0 aliphatic rings. The number of hydrogen-bond acceptors (Lipinski definition) is 3. The highest BCUT2D eigenvalue weighted by Crippen LogP contribution is 2.32. The molecule has 0 radical (unpaired) electrons. The minimum absolute atomic E-state index is 0.0402. The molecule has 3 aromatic rings. The summed E-state index contributed by atoms with van der Waals surface area (Å²) in [6.07, 6.45) is -2.93. The van der Waals surface area contributed by atoms with Gasteiger partial charge in [0.2, 0.25) is 0 Å². The van der Waals surface area contributed by atoms with Gasteiger partial charge in [-0.3, -0.25) is 4.79 Å². The minimum Gasteiger partial charge on any atom is -0.467 e. The van der Waals surface area contributed by atoms with Crippen molar-refractivity contribution in [3.05, 3.63) is 83.8 Å². The van der Waals surface area contributed by atoms with Crippen LogP contribution in [0.25, 0.3) is 0 Å². The molecule has 7 heteroatoms. The summed E-state index contributed by atoms with van der Waals surface area (Å²) in [5, 5.41) is 0. The lowest BCUT2D eigenvalue weighted by Crippen LogP contribution is -2.25. The van der Waals surface area contributed by atoms with E-state index in [1.165, 1.54) is 29.4 Å². The van der Waals surface area contributed by atoms with Crippen LogP contribution in [0.4, 0.5) is 13.2 Å². The molecule has 0 aliphatic heterocycles. The molecule has 0 aliphatic carbocycles. The summed E-state index contributed by atoms with van der Waals surface area (Å²) < 4.78 is 49.1. The van der Waals surface area contributed by atoms with Gasteiger partial charge in [0, 0.05) is 12.6 Å². The Bertz CT molecular complexity index is 920. The van der Waals surface area contributed by atoms with Gasteiger partial charge in [-0.25, -0.2) is 0 Å². The topological polar surface area (TPSA) is 42.7 Å². The fraction of sp³-hybridized carbons (Fsp3) is 0.150.